The molecule has 500 valence electrons. The normalized spacial score (nSPS) is 19.4. The molecule has 0 aliphatic carbocycles. The van der Waals surface area contributed by atoms with Gasteiger partial charge in [-0.3, -0.25) is 71.9 Å². The highest BCUT2D eigenvalue weighted by molar-refractivity contribution is 6.01. The molecular formula is C61H75N17O16. The lowest BCUT2D eigenvalue weighted by Crippen LogP contribution is -2.62. The molecule has 33 heteroatoms. The van der Waals surface area contributed by atoms with Gasteiger partial charge in [0.2, 0.25) is 82.7 Å². The zero-order valence-corrected chi connectivity index (χ0v) is 51.0. The smallest absolute Gasteiger partial charge is 0.303 e. The van der Waals surface area contributed by atoms with Crippen molar-refractivity contribution >= 4 is 110 Å². The summed E-state index contributed by atoms with van der Waals surface area (Å²) in [4.78, 5) is 209. The van der Waals surface area contributed by atoms with Crippen LogP contribution in [0.1, 0.15) is 68.6 Å². The van der Waals surface area contributed by atoms with Gasteiger partial charge >= 0.3 is 5.97 Å². The van der Waals surface area contributed by atoms with E-state index in [0.29, 0.717) is 33.0 Å². The molecule has 94 heavy (non-hydrogen) atoms. The second kappa shape index (κ2) is 32.7. The van der Waals surface area contributed by atoms with Crippen molar-refractivity contribution in [2.24, 2.45) is 22.9 Å². The summed E-state index contributed by atoms with van der Waals surface area (Å²) in [6.45, 7) is -0.285. The fourth-order valence-corrected chi connectivity index (χ4v) is 10.8. The summed E-state index contributed by atoms with van der Waals surface area (Å²) in [5.74, 6) is -15.0. The van der Waals surface area contributed by atoms with Crippen LogP contribution in [0.4, 0.5) is 0 Å². The summed E-state index contributed by atoms with van der Waals surface area (Å²) in [6, 6.07) is 6.85. The molecule has 14 amide bonds. The summed E-state index contributed by atoms with van der Waals surface area (Å²) in [5, 5.41) is 35.8. The highest BCUT2D eigenvalue weighted by Crippen LogP contribution is 2.23. The SMILES string of the molecule is C[C@H](NC(=O)[C@@H]1CCCN1C(=O)[C@@H]1CNC(=O)[C@@H](N)CC(=O)N[C@@H](Cc2c[nH]c3ccccc23)C(=O)N[C@@H](CC(N)=O)C(=O)N1)C(=O)N[C@@H](Cc1ccccc1)C(=O)N[C@@H](CCC(=O)O)C(=O)N[C@@H](Cc1c[nH]c2ccccc12)C(=O)NCC(=O)N[C@@H](CC(N)=O)C(N)=O. The van der Waals surface area contributed by atoms with E-state index in [0.717, 1.165) is 10.4 Å². The molecule has 4 heterocycles. The minimum Gasteiger partial charge on any atom is -0.481 e. The van der Waals surface area contributed by atoms with Gasteiger partial charge in [0.05, 0.1) is 31.8 Å². The van der Waals surface area contributed by atoms with Crippen molar-refractivity contribution in [3.05, 3.63) is 108 Å². The second-order valence-corrected chi connectivity index (χ2v) is 22.7. The first-order valence-corrected chi connectivity index (χ1v) is 30.0. The van der Waals surface area contributed by atoms with Crippen LogP contribution in [-0.4, -0.2) is 189 Å². The lowest BCUT2D eigenvalue weighted by Gasteiger charge is -2.31. The number of rotatable bonds is 27. The summed E-state index contributed by atoms with van der Waals surface area (Å²) < 4.78 is 0. The number of fused-ring (bicyclic) bond motifs is 2. The molecule has 2 aliphatic rings. The van der Waals surface area contributed by atoms with E-state index in [1.165, 1.54) is 6.92 Å². The minimum absolute atomic E-state index is 0.0192. The zero-order chi connectivity index (χ0) is 68.3. The number of benzene rings is 3. The molecule has 7 rings (SSSR count). The molecule has 0 saturated carbocycles. The van der Waals surface area contributed by atoms with Crippen molar-refractivity contribution in [1.82, 2.24) is 68.0 Å². The molecule has 33 nitrogen and oxygen atoms in total. The van der Waals surface area contributed by atoms with Crippen molar-refractivity contribution in [2.75, 3.05) is 19.6 Å². The summed E-state index contributed by atoms with van der Waals surface area (Å²) in [5.41, 5.74) is 25.1. The van der Waals surface area contributed by atoms with Crippen LogP contribution in [0.15, 0.2) is 91.3 Å². The van der Waals surface area contributed by atoms with E-state index in [1.54, 1.807) is 91.3 Å². The lowest BCUT2D eigenvalue weighted by molar-refractivity contribution is -0.143. The van der Waals surface area contributed by atoms with Crippen LogP contribution in [-0.2, 0) is 91.2 Å². The Morgan fingerprint density at radius 1 is 0.638 bits per heavy atom. The minimum atomic E-state index is -1.73. The molecular weight excluding hydrogens is 1230 g/mol. The number of nitrogens with one attached hydrogen (secondary N) is 12. The van der Waals surface area contributed by atoms with Crippen LogP contribution in [0.2, 0.25) is 0 Å². The van der Waals surface area contributed by atoms with Crippen molar-refractivity contribution in [2.45, 2.75) is 132 Å². The van der Waals surface area contributed by atoms with E-state index in [9.17, 15) is 77.0 Å². The Balaban J connectivity index is 1.06. The summed E-state index contributed by atoms with van der Waals surface area (Å²) in [7, 11) is 0. The van der Waals surface area contributed by atoms with Gasteiger partial charge in [0.15, 0.2) is 0 Å². The van der Waals surface area contributed by atoms with Gasteiger partial charge in [-0.2, -0.15) is 0 Å². The molecule has 2 saturated heterocycles. The van der Waals surface area contributed by atoms with Gasteiger partial charge in [-0.25, -0.2) is 0 Å². The molecule has 0 unspecified atom stereocenters. The van der Waals surface area contributed by atoms with Gasteiger partial charge in [-0.1, -0.05) is 66.7 Å². The van der Waals surface area contributed by atoms with Crippen molar-refractivity contribution in [3.8, 4) is 0 Å². The maximum absolute atomic E-state index is 14.6. The molecule has 2 aromatic heterocycles. The average molecular weight is 1300 g/mol. The van der Waals surface area contributed by atoms with Crippen LogP contribution < -0.4 is 76.1 Å². The number of likely N-dealkylation sites (tertiary alicyclic amines) is 1. The van der Waals surface area contributed by atoms with Crippen LogP contribution in [0, 0.1) is 0 Å². The van der Waals surface area contributed by atoms with Crippen molar-refractivity contribution < 1.29 is 77.0 Å². The fourth-order valence-electron chi connectivity index (χ4n) is 10.8. The number of carbonyl (C=O) groups excluding carboxylic acids is 14. The molecule has 3 aromatic carbocycles. The number of hydrogen-bond acceptors (Lipinski definition) is 16. The van der Waals surface area contributed by atoms with Crippen molar-refractivity contribution in [3.63, 3.8) is 0 Å². The molecule has 5 aromatic rings. The number of para-hydroxylation sites is 2. The van der Waals surface area contributed by atoms with Crippen LogP contribution in [0.3, 0.4) is 0 Å². The molecule has 0 bridgehead atoms. The third-order valence-corrected chi connectivity index (χ3v) is 15.7. The zero-order valence-electron chi connectivity index (χ0n) is 51.0. The number of carboxylic acid groups (broad SMARTS) is 1. The number of aromatic nitrogens is 2. The highest BCUT2D eigenvalue weighted by Gasteiger charge is 2.41. The quantitative estimate of drug-likeness (QED) is 0.0233. The van der Waals surface area contributed by atoms with E-state index in [-0.39, 0.29) is 38.6 Å². The molecule has 21 N–H and O–H groups in total. The molecule has 2 aliphatic heterocycles. The number of aliphatic carboxylic acids is 1. The molecule has 0 radical (unpaired) electrons. The fraction of sp³-hybridized carbons (Fsp3) is 0.393. The first-order valence-electron chi connectivity index (χ1n) is 30.0. The standard InChI is InChI=1S/C61H75N17O16/c1-30(70-60(93)46-16-9-19-78(46)61(94)45-28-68-54(87)36(62)23-49(81)72-43(22-33-27-67-38-15-8-6-13-35(33)38)58(91)76-44(25-48(64)80)59(92)77-45)53(86)74-41(20-31-10-3-2-4-11-31)57(90)73-39(17-18-51(83)84)56(89)75-42(21-32-26-66-37-14-7-5-12-34(32)37)55(88)69-29-50(82)71-40(52(65)85)24-47(63)79/h2-8,10-15,26-27,30,36,39-46,66-67H,9,16-25,28-29,62H2,1H3,(H2,63,79)(H2,64,80)(H2,65,85)(H,68,87)(H,69,88)(H,70,93)(H,71,82)(H,72,81)(H,73,90)(H,74,86)(H,75,89)(H,76,91)(H,77,92)(H,83,84)/t30-,36-,39-,40-,41-,42-,43-,44-,45-,46-/m0/s1. The summed E-state index contributed by atoms with van der Waals surface area (Å²) in [6.07, 6.45) is -0.470. The topological polar surface area (TPSA) is 535 Å². The Hall–Kier alpha value is -11.3. The van der Waals surface area contributed by atoms with Gasteiger partial charge in [-0.05, 0) is 55.0 Å². The Labute approximate surface area is 535 Å². The van der Waals surface area contributed by atoms with Gasteiger partial charge in [0, 0.05) is 73.0 Å². The lowest BCUT2D eigenvalue weighted by atomic mass is 10.0. The van der Waals surface area contributed by atoms with Gasteiger partial charge in [0.25, 0.3) is 0 Å². The first-order chi connectivity index (χ1) is 44.7. The van der Waals surface area contributed by atoms with E-state index in [2.05, 4.69) is 63.1 Å². The maximum Gasteiger partial charge on any atom is 0.303 e. The number of carboxylic acids is 1. The van der Waals surface area contributed by atoms with Gasteiger partial charge < -0.3 is 96.1 Å². The van der Waals surface area contributed by atoms with E-state index >= 15 is 0 Å². The van der Waals surface area contributed by atoms with Gasteiger partial charge in [0.1, 0.15) is 54.4 Å². The third-order valence-electron chi connectivity index (χ3n) is 15.7. The molecule has 10 atom stereocenters. The number of aromatic amines is 2. The van der Waals surface area contributed by atoms with E-state index < -0.39 is 194 Å². The maximum atomic E-state index is 14.6. The number of primary amides is 3. The number of carbonyl (C=O) groups is 15. The molecule has 0 spiro atoms. The largest absolute Gasteiger partial charge is 0.481 e. The Morgan fingerprint density at radius 3 is 1.88 bits per heavy atom. The van der Waals surface area contributed by atoms with E-state index in [1.807, 2.05) is 0 Å². The van der Waals surface area contributed by atoms with Crippen molar-refractivity contribution in [1.29, 1.82) is 0 Å². The first kappa shape index (κ1) is 70.2. The predicted octanol–water partition coefficient (Wildman–Crippen LogP) is -5.37. The van der Waals surface area contributed by atoms with Crippen LogP contribution in [0.25, 0.3) is 21.8 Å². The summed E-state index contributed by atoms with van der Waals surface area (Å²) >= 11 is 0. The number of nitrogens with two attached hydrogens (primary N) is 4. The van der Waals surface area contributed by atoms with Crippen LogP contribution in [0.5, 0.6) is 0 Å². The third kappa shape index (κ3) is 19.6. The average Bonchev–Trinajstić information content (AvgIpc) is 1.65. The number of H-pyrrole nitrogens is 2. The molecule has 2 fully saturated rings. The van der Waals surface area contributed by atoms with E-state index in [4.69, 9.17) is 22.9 Å². The number of nitrogens with zero attached hydrogens (tertiary/aromatic N) is 1. The predicted molar refractivity (Wildman–Crippen MR) is 332 cm³/mol. The number of hydrogen-bond donors (Lipinski definition) is 17. The van der Waals surface area contributed by atoms with Gasteiger partial charge in [-0.15, -0.1) is 0 Å². The Bertz CT molecular complexity index is 3710. The monoisotopic (exact) mass is 1300 g/mol. The number of amides is 14. The Kier molecular flexibility index (Phi) is 24.4. The second-order valence-electron chi connectivity index (χ2n) is 22.7. The van der Waals surface area contributed by atoms with Crippen LogP contribution >= 0.6 is 0 Å². The highest BCUT2D eigenvalue weighted by atomic mass is 16.4. The Morgan fingerprint density at radius 2 is 1.23 bits per heavy atom.